The molecule has 2 aromatic carbocycles. The van der Waals surface area contributed by atoms with Crippen molar-refractivity contribution in [1.82, 2.24) is 0 Å². The minimum atomic E-state index is -1.78. The first-order valence-electron chi connectivity index (χ1n) is 6.71. The average molecular weight is 391 g/mol. The van der Waals surface area contributed by atoms with E-state index in [0.717, 1.165) is 0 Å². The van der Waals surface area contributed by atoms with Gasteiger partial charge in [-0.05, 0) is 61.4 Å². The van der Waals surface area contributed by atoms with Crippen LogP contribution in [0.15, 0.2) is 48.5 Å². The van der Waals surface area contributed by atoms with Crippen LogP contribution in [0.25, 0.3) is 0 Å². The molecule has 0 N–H and O–H groups in total. The van der Waals surface area contributed by atoms with E-state index in [1.165, 1.54) is 0 Å². The third-order valence-electron chi connectivity index (χ3n) is 3.24. The van der Waals surface area contributed by atoms with Gasteiger partial charge in [-0.15, -0.1) is 0 Å². The molecule has 0 spiro atoms. The molecule has 122 valence electrons. The van der Waals surface area contributed by atoms with Crippen LogP contribution in [0.1, 0.15) is 12.8 Å². The predicted molar refractivity (Wildman–Crippen MR) is 92.4 cm³/mol. The summed E-state index contributed by atoms with van der Waals surface area (Å²) in [4.78, 5) is 0. The molecule has 0 amide bonds. The molecule has 1 aliphatic carbocycles. The number of hydrogen-bond acceptors (Lipinski definition) is 4. The van der Waals surface area contributed by atoms with Gasteiger partial charge in [0.2, 0.25) is 22.2 Å². The van der Waals surface area contributed by atoms with Crippen molar-refractivity contribution in [3.63, 3.8) is 0 Å². The SMILES string of the molecule is O=S(Oc1ccc(Cl)cc1)C1(S(=O)Oc2ccc(Cl)cc2)CC1. The van der Waals surface area contributed by atoms with E-state index in [1.807, 2.05) is 0 Å². The van der Waals surface area contributed by atoms with Gasteiger partial charge in [-0.3, -0.25) is 0 Å². The molecule has 0 radical (unpaired) electrons. The number of benzene rings is 2. The molecule has 2 atom stereocenters. The first-order chi connectivity index (χ1) is 11.0. The van der Waals surface area contributed by atoms with Crippen molar-refractivity contribution >= 4 is 45.4 Å². The first kappa shape index (κ1) is 16.8. The van der Waals surface area contributed by atoms with Gasteiger partial charge in [-0.2, -0.15) is 0 Å². The fourth-order valence-electron chi connectivity index (χ4n) is 1.80. The highest BCUT2D eigenvalue weighted by Gasteiger charge is 2.59. The topological polar surface area (TPSA) is 52.6 Å². The summed E-state index contributed by atoms with van der Waals surface area (Å²) in [5.41, 5.74) is 0. The van der Waals surface area contributed by atoms with Crippen molar-refractivity contribution in [3.05, 3.63) is 58.6 Å². The van der Waals surface area contributed by atoms with Crippen LogP contribution in [0.2, 0.25) is 10.0 Å². The van der Waals surface area contributed by atoms with Crippen LogP contribution in [0.4, 0.5) is 0 Å². The van der Waals surface area contributed by atoms with Crippen molar-refractivity contribution in [2.45, 2.75) is 16.9 Å². The maximum absolute atomic E-state index is 12.4. The maximum atomic E-state index is 12.4. The average Bonchev–Trinajstić information content (AvgIpc) is 3.34. The van der Waals surface area contributed by atoms with E-state index in [-0.39, 0.29) is 0 Å². The molecule has 1 aliphatic rings. The van der Waals surface area contributed by atoms with Crippen molar-refractivity contribution in [2.24, 2.45) is 0 Å². The van der Waals surface area contributed by atoms with E-state index in [9.17, 15) is 8.42 Å². The molecule has 8 heteroatoms. The zero-order chi connectivity index (χ0) is 16.4. The Hall–Kier alpha value is -1.08. The zero-order valence-corrected chi connectivity index (χ0v) is 14.9. The molecule has 0 heterocycles. The lowest BCUT2D eigenvalue weighted by Crippen LogP contribution is -2.29. The molecular formula is C15H12Cl2O4S2. The lowest BCUT2D eigenvalue weighted by atomic mass is 10.3. The second-order valence-electron chi connectivity index (χ2n) is 4.95. The van der Waals surface area contributed by atoms with Crippen LogP contribution in [0.3, 0.4) is 0 Å². The van der Waals surface area contributed by atoms with Gasteiger partial charge in [-0.1, -0.05) is 23.2 Å². The number of halogens is 2. The van der Waals surface area contributed by atoms with E-state index >= 15 is 0 Å². The van der Waals surface area contributed by atoms with E-state index < -0.39 is 26.2 Å². The second-order valence-corrected chi connectivity index (χ2v) is 8.92. The first-order valence-corrected chi connectivity index (χ1v) is 9.62. The largest absolute Gasteiger partial charge is 0.399 e. The van der Waals surface area contributed by atoms with Crippen LogP contribution in [0.5, 0.6) is 11.5 Å². The minimum absolute atomic E-state index is 0.405. The van der Waals surface area contributed by atoms with Gasteiger partial charge in [0.25, 0.3) is 0 Å². The molecule has 0 bridgehead atoms. The van der Waals surface area contributed by atoms with E-state index in [4.69, 9.17) is 31.6 Å². The number of hydrogen-bond donors (Lipinski definition) is 0. The summed E-state index contributed by atoms with van der Waals surface area (Å²) in [7, 11) is 0. The van der Waals surface area contributed by atoms with Crippen molar-refractivity contribution < 1.29 is 16.8 Å². The van der Waals surface area contributed by atoms with Gasteiger partial charge in [-0.25, -0.2) is 8.42 Å². The van der Waals surface area contributed by atoms with E-state index in [2.05, 4.69) is 0 Å². The van der Waals surface area contributed by atoms with E-state index in [1.54, 1.807) is 48.5 Å². The van der Waals surface area contributed by atoms with Crippen LogP contribution in [-0.2, 0) is 22.2 Å². The van der Waals surface area contributed by atoms with Gasteiger partial charge < -0.3 is 8.37 Å². The molecule has 23 heavy (non-hydrogen) atoms. The molecule has 1 saturated carbocycles. The van der Waals surface area contributed by atoms with Crippen LogP contribution in [0, 0.1) is 0 Å². The normalized spacial score (nSPS) is 18.0. The van der Waals surface area contributed by atoms with Gasteiger partial charge in [0.1, 0.15) is 11.5 Å². The molecule has 2 aromatic rings. The zero-order valence-electron chi connectivity index (χ0n) is 11.7. The molecular weight excluding hydrogens is 379 g/mol. The van der Waals surface area contributed by atoms with Crippen LogP contribution >= 0.6 is 23.2 Å². The quantitative estimate of drug-likeness (QED) is 0.738. The highest BCUT2D eigenvalue weighted by molar-refractivity contribution is 8.00. The second kappa shape index (κ2) is 6.81. The fraction of sp³-hybridized carbons (Fsp3) is 0.200. The lowest BCUT2D eigenvalue weighted by Gasteiger charge is -2.14. The Morgan fingerprint density at radius 2 is 1.09 bits per heavy atom. The Kier molecular flexibility index (Phi) is 4.96. The Balaban J connectivity index is 1.68. The monoisotopic (exact) mass is 390 g/mol. The summed E-state index contributed by atoms with van der Waals surface area (Å²) in [5.74, 6) is 0.810. The highest BCUT2D eigenvalue weighted by atomic mass is 35.5. The Bertz CT molecular complexity index is 682. The third-order valence-corrected chi connectivity index (χ3v) is 7.28. The maximum Gasteiger partial charge on any atom is 0.229 e. The summed E-state index contributed by atoms with van der Waals surface area (Å²) in [6.45, 7) is 0. The molecule has 0 saturated heterocycles. The van der Waals surface area contributed by atoms with Gasteiger partial charge in [0.15, 0.2) is 4.08 Å². The Labute approximate surface area is 149 Å². The smallest absolute Gasteiger partial charge is 0.229 e. The molecule has 4 nitrogen and oxygen atoms in total. The lowest BCUT2D eigenvalue weighted by molar-refractivity contribution is 0.537. The molecule has 0 aliphatic heterocycles. The summed E-state index contributed by atoms with van der Waals surface area (Å²) < 4.78 is 34.6. The molecule has 0 aromatic heterocycles. The third kappa shape index (κ3) is 3.88. The van der Waals surface area contributed by atoms with E-state index in [0.29, 0.717) is 34.4 Å². The van der Waals surface area contributed by atoms with Crippen LogP contribution < -0.4 is 8.37 Å². The molecule has 2 unspecified atom stereocenters. The van der Waals surface area contributed by atoms with Crippen molar-refractivity contribution in [3.8, 4) is 11.5 Å². The van der Waals surface area contributed by atoms with Crippen molar-refractivity contribution in [2.75, 3.05) is 0 Å². The highest BCUT2D eigenvalue weighted by Crippen LogP contribution is 2.46. The predicted octanol–water partition coefficient (Wildman–Crippen LogP) is 4.27. The fourth-order valence-corrected chi connectivity index (χ4v) is 4.44. The molecule has 3 rings (SSSR count). The van der Waals surface area contributed by atoms with Gasteiger partial charge in [0, 0.05) is 10.0 Å². The summed E-state index contributed by atoms with van der Waals surface area (Å²) in [5, 5.41) is 1.11. The van der Waals surface area contributed by atoms with Gasteiger partial charge >= 0.3 is 0 Å². The Morgan fingerprint density at radius 3 is 1.39 bits per heavy atom. The molecule has 1 fully saturated rings. The van der Waals surface area contributed by atoms with Crippen molar-refractivity contribution in [1.29, 1.82) is 0 Å². The van der Waals surface area contributed by atoms with Crippen LogP contribution in [-0.4, -0.2) is 12.5 Å². The minimum Gasteiger partial charge on any atom is -0.399 e. The summed E-state index contributed by atoms with van der Waals surface area (Å²) in [6.07, 6.45) is 1.01. The summed E-state index contributed by atoms with van der Waals surface area (Å²) in [6, 6.07) is 13.0. The standard InChI is InChI=1S/C15H12Cl2O4S2/c16-11-1-5-13(6-2-11)20-22(18)15(9-10-15)23(19)21-14-7-3-12(17)4-8-14/h1-8H,9-10H2. The Morgan fingerprint density at radius 1 is 0.739 bits per heavy atom. The van der Waals surface area contributed by atoms with Gasteiger partial charge in [0.05, 0.1) is 0 Å². The summed E-state index contributed by atoms with van der Waals surface area (Å²) >= 11 is 8.03. The number of rotatable bonds is 6.